The molecule has 1 rings (SSSR count). The second kappa shape index (κ2) is 5.36. The average Bonchev–Trinajstić information content (AvgIpc) is 1.69. The van der Waals surface area contributed by atoms with Gasteiger partial charge in [-0.2, -0.15) is 0 Å². The van der Waals surface area contributed by atoms with Crippen molar-refractivity contribution in [2.24, 2.45) is 0 Å². The summed E-state index contributed by atoms with van der Waals surface area (Å²) in [6.45, 7) is 0. The van der Waals surface area contributed by atoms with Crippen LogP contribution in [0, 0.1) is 0 Å². The summed E-state index contributed by atoms with van der Waals surface area (Å²) in [6, 6.07) is 0. The van der Waals surface area contributed by atoms with Crippen molar-refractivity contribution in [2.75, 3.05) is 0 Å². The van der Waals surface area contributed by atoms with Crippen molar-refractivity contribution in [3.63, 3.8) is 0 Å². The predicted octanol–water partition coefficient (Wildman–Crippen LogP) is 1.16. The van der Waals surface area contributed by atoms with Gasteiger partial charge in [0.15, 0.2) is 0 Å². The van der Waals surface area contributed by atoms with Crippen LogP contribution in [0.25, 0.3) is 0 Å². The fraction of sp³-hybridized carbons (Fsp3) is 0. The Morgan fingerprint density at radius 3 is 2.00 bits per heavy atom. The van der Waals surface area contributed by atoms with Gasteiger partial charge in [-0.1, -0.05) is 0 Å². The summed E-state index contributed by atoms with van der Waals surface area (Å²) in [6.07, 6.45) is 0. The molecule has 41 valence electrons. The molecule has 0 aromatic carbocycles. The molecule has 0 unspecified atom stereocenters. The summed E-state index contributed by atoms with van der Waals surface area (Å²) in [4.78, 5) is 9.96. The first-order chi connectivity index (χ1) is 3.39. The van der Waals surface area contributed by atoms with E-state index in [-0.39, 0.29) is 51.4 Å². The largest absolute Gasteiger partial charge is 0.544 e. The molecule has 1 radical (unpaired) electrons. The Hall–Kier alpha value is 1.57. The van der Waals surface area contributed by atoms with E-state index in [4.69, 9.17) is 0 Å². The van der Waals surface area contributed by atoms with Crippen molar-refractivity contribution in [2.45, 2.75) is 0 Å². The standard InChI is InChI=1S/CO3S3.K/c2-1-3-5-7-6-4-1;. The summed E-state index contributed by atoms with van der Waals surface area (Å²) in [5.41, 5.74) is 0. The molecule has 0 aliphatic carbocycles. The van der Waals surface area contributed by atoms with Crippen LogP contribution in [0.4, 0.5) is 0 Å². The maximum absolute atomic E-state index is 9.96. The summed E-state index contributed by atoms with van der Waals surface area (Å²) in [5.74, 6) is -0.631. The zero-order valence-corrected chi connectivity index (χ0v) is 9.52. The van der Waals surface area contributed by atoms with Gasteiger partial charge < -0.3 is 7.70 Å². The van der Waals surface area contributed by atoms with E-state index in [2.05, 4.69) is 7.70 Å². The average molecular weight is 195 g/mol. The molecule has 0 amide bonds. The van der Waals surface area contributed by atoms with Gasteiger partial charge in [0.05, 0.1) is 9.34 Å². The molecule has 0 aliphatic heterocycles. The van der Waals surface area contributed by atoms with E-state index in [1.54, 1.807) is 0 Å². The molecule has 0 aliphatic rings. The number of rotatable bonds is 0. The smallest absolute Gasteiger partial charge is 0.320 e. The van der Waals surface area contributed by atoms with Crippen LogP contribution in [0.2, 0.25) is 0 Å². The predicted molar refractivity (Wildman–Crippen MR) is 34.3 cm³/mol. The van der Waals surface area contributed by atoms with Crippen LogP contribution >= 0.6 is 30.6 Å². The maximum atomic E-state index is 9.96. The molecule has 0 fully saturated rings. The van der Waals surface area contributed by atoms with Crippen molar-refractivity contribution in [1.82, 2.24) is 0 Å². The van der Waals surface area contributed by atoms with Crippen molar-refractivity contribution >= 4 is 82.0 Å². The molecule has 3 nitrogen and oxygen atoms in total. The van der Waals surface area contributed by atoms with Crippen LogP contribution in [0.5, 0.6) is 0 Å². The van der Waals surface area contributed by atoms with Crippen molar-refractivity contribution in [3.8, 4) is 0 Å². The molecule has 0 spiro atoms. The zero-order chi connectivity index (χ0) is 5.11. The van der Waals surface area contributed by atoms with Crippen molar-refractivity contribution < 1.29 is 7.70 Å². The Morgan fingerprint density at radius 2 is 1.75 bits per heavy atom. The van der Waals surface area contributed by atoms with Gasteiger partial charge in [0.25, 0.3) is 0 Å². The molecule has 0 saturated heterocycles. The van der Waals surface area contributed by atoms with Gasteiger partial charge in [0.2, 0.25) is 0 Å². The second-order valence-corrected chi connectivity index (χ2v) is 3.81. The first kappa shape index (κ1) is 9.57. The molecule has 0 N–H and O–H groups in total. The minimum atomic E-state index is -0.631. The summed E-state index contributed by atoms with van der Waals surface area (Å²) >= 11 is 0. The number of hydrogen-bond donors (Lipinski definition) is 0. The van der Waals surface area contributed by atoms with Gasteiger partial charge in [-0.3, -0.25) is 0 Å². The molecule has 0 atom stereocenters. The summed E-state index contributed by atoms with van der Waals surface area (Å²) < 4.78 is 8.55. The van der Waals surface area contributed by atoms with E-state index in [0.717, 1.165) is 21.3 Å². The van der Waals surface area contributed by atoms with Gasteiger partial charge in [0, 0.05) is 51.4 Å². The quantitative estimate of drug-likeness (QED) is 0.461. The minimum Gasteiger partial charge on any atom is -0.320 e. The molecule has 1 aromatic rings. The Balaban J connectivity index is 0.000000490. The van der Waals surface area contributed by atoms with E-state index in [1.165, 1.54) is 9.34 Å². The molecule has 7 heteroatoms. The zero-order valence-electron chi connectivity index (χ0n) is 3.95. The molecular weight excluding hydrogens is 195 g/mol. The van der Waals surface area contributed by atoms with Crippen LogP contribution in [-0.2, 0) is 0 Å². The second-order valence-electron chi connectivity index (χ2n) is 0.621. The summed E-state index contributed by atoms with van der Waals surface area (Å²) in [5, 5.41) is 0. The Labute approximate surface area is 98.3 Å². The Kier molecular flexibility index (Phi) is 6.41. The van der Waals surface area contributed by atoms with E-state index in [1.807, 2.05) is 0 Å². The molecule has 1 aromatic heterocycles. The van der Waals surface area contributed by atoms with Gasteiger partial charge in [-0.25, -0.2) is 4.79 Å². The van der Waals surface area contributed by atoms with Crippen LogP contribution in [0.3, 0.4) is 0 Å². The van der Waals surface area contributed by atoms with Crippen molar-refractivity contribution in [1.29, 1.82) is 0 Å². The first-order valence-electron chi connectivity index (χ1n) is 1.28. The normalized spacial score (nSPS) is 7.50. The van der Waals surface area contributed by atoms with E-state index in [9.17, 15) is 4.79 Å². The van der Waals surface area contributed by atoms with Crippen molar-refractivity contribution in [3.05, 3.63) is 10.6 Å². The Morgan fingerprint density at radius 1 is 1.25 bits per heavy atom. The molecule has 0 bridgehead atoms. The van der Waals surface area contributed by atoms with Gasteiger partial charge in [-0.15, -0.1) is 0 Å². The third kappa shape index (κ3) is 3.56. The van der Waals surface area contributed by atoms with E-state index >= 15 is 0 Å². The van der Waals surface area contributed by atoms with Crippen LogP contribution in [-0.4, -0.2) is 51.4 Å². The monoisotopic (exact) mass is 195 g/mol. The molecular formula is CKO3S3. The van der Waals surface area contributed by atoms with Gasteiger partial charge in [0.1, 0.15) is 21.3 Å². The van der Waals surface area contributed by atoms with Crippen LogP contribution < -0.4 is 5.82 Å². The topological polar surface area (TPSA) is 43.4 Å². The summed E-state index contributed by atoms with van der Waals surface area (Å²) in [7, 11) is 3.28. The fourth-order valence-electron chi connectivity index (χ4n) is 0.109. The first-order valence-corrected chi connectivity index (χ1v) is 4.61. The van der Waals surface area contributed by atoms with Crippen LogP contribution in [0.15, 0.2) is 12.5 Å². The van der Waals surface area contributed by atoms with Gasteiger partial charge >= 0.3 is 5.82 Å². The Bertz CT molecular complexity index is 180. The third-order valence-electron chi connectivity index (χ3n) is 0.260. The number of hydrogen-bond acceptors (Lipinski definition) is 6. The molecule has 0 saturated carbocycles. The third-order valence-corrected chi connectivity index (χ3v) is 2.52. The van der Waals surface area contributed by atoms with Crippen LogP contribution in [0.1, 0.15) is 0 Å². The fourth-order valence-corrected chi connectivity index (χ4v) is 1.68. The van der Waals surface area contributed by atoms with Gasteiger partial charge in [-0.05, 0) is 0 Å². The van der Waals surface area contributed by atoms with E-state index in [0.29, 0.717) is 0 Å². The minimum absolute atomic E-state index is 0. The maximum Gasteiger partial charge on any atom is 0.544 e. The molecule has 1 heterocycles. The van der Waals surface area contributed by atoms with E-state index < -0.39 is 5.82 Å². The molecule has 8 heavy (non-hydrogen) atoms. The SMILES string of the molecule is O=c1ossso1.[K].